The Kier molecular flexibility index (Phi) is 6.01. The highest BCUT2D eigenvalue weighted by Gasteiger charge is 2.06. The van der Waals surface area contributed by atoms with Crippen molar-refractivity contribution < 1.29 is 9.47 Å². The topological polar surface area (TPSA) is 44.5 Å². The molecule has 0 amide bonds. The fourth-order valence-corrected chi connectivity index (χ4v) is 1.91. The fraction of sp³-hybridized carbons (Fsp3) is 0.571. The van der Waals surface area contributed by atoms with Crippen molar-refractivity contribution in [2.45, 2.75) is 27.2 Å². The van der Waals surface area contributed by atoms with Gasteiger partial charge in [-0.25, -0.2) is 0 Å². The van der Waals surface area contributed by atoms with E-state index in [0.717, 1.165) is 25.4 Å². The van der Waals surface area contributed by atoms with Gasteiger partial charge in [0.15, 0.2) is 0 Å². The van der Waals surface area contributed by atoms with Crippen LogP contribution in [0.1, 0.15) is 23.6 Å². The van der Waals surface area contributed by atoms with Gasteiger partial charge in [0.05, 0.1) is 6.61 Å². The van der Waals surface area contributed by atoms with E-state index >= 15 is 0 Å². The summed E-state index contributed by atoms with van der Waals surface area (Å²) in [5, 5.41) is 0. The van der Waals surface area contributed by atoms with Gasteiger partial charge in [0, 0.05) is 13.2 Å². The molecule has 1 aromatic rings. The summed E-state index contributed by atoms with van der Waals surface area (Å²) in [5.74, 6) is 0.968. The minimum absolute atomic E-state index is 0.547. The summed E-state index contributed by atoms with van der Waals surface area (Å²) in [4.78, 5) is 0. The second-order valence-electron chi connectivity index (χ2n) is 4.14. The summed E-state index contributed by atoms with van der Waals surface area (Å²) in [6.45, 7) is 8.82. The SMILES string of the molecule is CCOCCc1cc(C)c(OCCN)c(C)c1. The summed E-state index contributed by atoms with van der Waals surface area (Å²) < 4.78 is 11.0. The number of ether oxygens (including phenoxy) is 2. The summed E-state index contributed by atoms with van der Waals surface area (Å²) >= 11 is 0. The lowest BCUT2D eigenvalue weighted by atomic mass is 10.0. The third-order valence-corrected chi connectivity index (χ3v) is 2.62. The molecule has 0 aromatic heterocycles. The number of hydrogen-bond acceptors (Lipinski definition) is 3. The predicted molar refractivity (Wildman–Crippen MR) is 70.7 cm³/mol. The first kappa shape index (κ1) is 14.0. The number of aryl methyl sites for hydroxylation is 2. The van der Waals surface area contributed by atoms with Crippen LogP contribution in [0.3, 0.4) is 0 Å². The van der Waals surface area contributed by atoms with Crippen LogP contribution in [0.5, 0.6) is 5.75 Å². The highest BCUT2D eigenvalue weighted by Crippen LogP contribution is 2.24. The smallest absolute Gasteiger partial charge is 0.125 e. The van der Waals surface area contributed by atoms with E-state index in [9.17, 15) is 0 Å². The standard InChI is InChI=1S/C14H23NO2/c1-4-16-7-5-13-9-11(2)14(12(3)10-13)17-8-6-15/h9-10H,4-8,15H2,1-3H3. The Morgan fingerprint density at radius 1 is 1.12 bits per heavy atom. The van der Waals surface area contributed by atoms with Crippen molar-refractivity contribution in [3.63, 3.8) is 0 Å². The zero-order chi connectivity index (χ0) is 12.7. The van der Waals surface area contributed by atoms with Crippen molar-refractivity contribution in [2.75, 3.05) is 26.4 Å². The Bertz CT molecular complexity index is 327. The second kappa shape index (κ2) is 7.30. The minimum atomic E-state index is 0.547. The van der Waals surface area contributed by atoms with E-state index in [1.165, 1.54) is 16.7 Å². The van der Waals surface area contributed by atoms with Gasteiger partial charge in [0.2, 0.25) is 0 Å². The van der Waals surface area contributed by atoms with E-state index in [1.807, 2.05) is 6.92 Å². The van der Waals surface area contributed by atoms with E-state index in [0.29, 0.717) is 13.2 Å². The second-order valence-corrected chi connectivity index (χ2v) is 4.14. The summed E-state index contributed by atoms with van der Waals surface area (Å²) in [6.07, 6.45) is 0.951. The summed E-state index contributed by atoms with van der Waals surface area (Å²) in [7, 11) is 0. The quantitative estimate of drug-likeness (QED) is 0.740. The number of rotatable bonds is 7. The molecular formula is C14H23NO2. The van der Waals surface area contributed by atoms with Gasteiger partial charge in [-0.2, -0.15) is 0 Å². The average Bonchev–Trinajstić information content (AvgIpc) is 2.28. The van der Waals surface area contributed by atoms with E-state index in [2.05, 4.69) is 26.0 Å². The Morgan fingerprint density at radius 2 is 1.76 bits per heavy atom. The maximum absolute atomic E-state index is 5.64. The predicted octanol–water partition coefficient (Wildman–Crippen LogP) is 2.22. The molecule has 0 unspecified atom stereocenters. The molecule has 0 saturated carbocycles. The molecule has 0 fully saturated rings. The van der Waals surface area contributed by atoms with Crippen molar-refractivity contribution >= 4 is 0 Å². The zero-order valence-corrected chi connectivity index (χ0v) is 11.1. The first-order valence-electron chi connectivity index (χ1n) is 6.19. The molecule has 1 aromatic carbocycles. The van der Waals surface area contributed by atoms with Gasteiger partial charge in [-0.3, -0.25) is 0 Å². The van der Waals surface area contributed by atoms with E-state index in [4.69, 9.17) is 15.2 Å². The molecule has 0 heterocycles. The number of benzene rings is 1. The Balaban J connectivity index is 2.71. The van der Waals surface area contributed by atoms with Crippen molar-refractivity contribution in [3.05, 3.63) is 28.8 Å². The van der Waals surface area contributed by atoms with Crippen LogP contribution in [-0.2, 0) is 11.2 Å². The third kappa shape index (κ3) is 4.36. The van der Waals surface area contributed by atoms with Crippen LogP contribution in [-0.4, -0.2) is 26.4 Å². The Morgan fingerprint density at radius 3 is 2.29 bits per heavy atom. The Labute approximate surface area is 104 Å². The van der Waals surface area contributed by atoms with Crippen molar-refractivity contribution in [2.24, 2.45) is 5.73 Å². The first-order valence-corrected chi connectivity index (χ1v) is 6.19. The van der Waals surface area contributed by atoms with Gasteiger partial charge in [-0.1, -0.05) is 12.1 Å². The molecule has 0 aliphatic heterocycles. The molecule has 0 aliphatic rings. The lowest BCUT2D eigenvalue weighted by molar-refractivity contribution is 0.151. The highest BCUT2D eigenvalue weighted by molar-refractivity contribution is 5.43. The third-order valence-electron chi connectivity index (χ3n) is 2.62. The first-order chi connectivity index (χ1) is 8.19. The van der Waals surface area contributed by atoms with Crippen LogP contribution in [0.25, 0.3) is 0 Å². The maximum Gasteiger partial charge on any atom is 0.125 e. The van der Waals surface area contributed by atoms with Crippen LogP contribution in [0.2, 0.25) is 0 Å². The van der Waals surface area contributed by atoms with Crippen LogP contribution < -0.4 is 10.5 Å². The molecule has 3 heteroatoms. The molecule has 0 aliphatic carbocycles. The lowest BCUT2D eigenvalue weighted by Gasteiger charge is -2.13. The average molecular weight is 237 g/mol. The molecule has 96 valence electrons. The van der Waals surface area contributed by atoms with Crippen LogP contribution in [0.4, 0.5) is 0 Å². The molecule has 3 nitrogen and oxygen atoms in total. The molecule has 0 saturated heterocycles. The van der Waals surface area contributed by atoms with Gasteiger partial charge in [-0.05, 0) is 43.9 Å². The summed E-state index contributed by atoms with van der Waals surface area (Å²) in [5.41, 5.74) is 9.09. The van der Waals surface area contributed by atoms with Gasteiger partial charge in [0.25, 0.3) is 0 Å². The van der Waals surface area contributed by atoms with Gasteiger partial charge >= 0.3 is 0 Å². The number of hydrogen-bond donors (Lipinski definition) is 1. The zero-order valence-electron chi connectivity index (χ0n) is 11.1. The molecular weight excluding hydrogens is 214 g/mol. The molecule has 2 N–H and O–H groups in total. The van der Waals surface area contributed by atoms with Crippen molar-refractivity contribution in [3.8, 4) is 5.75 Å². The summed E-state index contributed by atoms with van der Waals surface area (Å²) in [6, 6.07) is 4.33. The van der Waals surface area contributed by atoms with Crippen LogP contribution in [0, 0.1) is 13.8 Å². The lowest BCUT2D eigenvalue weighted by Crippen LogP contribution is -2.12. The molecule has 0 radical (unpaired) electrons. The monoisotopic (exact) mass is 237 g/mol. The largest absolute Gasteiger partial charge is 0.492 e. The van der Waals surface area contributed by atoms with Crippen LogP contribution in [0.15, 0.2) is 12.1 Å². The Hall–Kier alpha value is -1.06. The molecule has 0 bridgehead atoms. The fourth-order valence-electron chi connectivity index (χ4n) is 1.91. The minimum Gasteiger partial charge on any atom is -0.492 e. The van der Waals surface area contributed by atoms with E-state index in [1.54, 1.807) is 0 Å². The van der Waals surface area contributed by atoms with E-state index in [-0.39, 0.29) is 0 Å². The van der Waals surface area contributed by atoms with Crippen molar-refractivity contribution in [1.29, 1.82) is 0 Å². The molecule has 0 spiro atoms. The maximum atomic E-state index is 5.64. The van der Waals surface area contributed by atoms with Crippen molar-refractivity contribution in [1.82, 2.24) is 0 Å². The number of nitrogens with two attached hydrogens (primary N) is 1. The van der Waals surface area contributed by atoms with Gasteiger partial charge < -0.3 is 15.2 Å². The normalized spacial score (nSPS) is 10.6. The van der Waals surface area contributed by atoms with Gasteiger partial charge in [0.1, 0.15) is 12.4 Å². The molecule has 1 rings (SSSR count). The highest BCUT2D eigenvalue weighted by atomic mass is 16.5. The molecule has 17 heavy (non-hydrogen) atoms. The molecule has 0 atom stereocenters. The van der Waals surface area contributed by atoms with Gasteiger partial charge in [-0.15, -0.1) is 0 Å². The van der Waals surface area contributed by atoms with Crippen LogP contribution >= 0.6 is 0 Å². The van der Waals surface area contributed by atoms with E-state index < -0.39 is 0 Å².